The van der Waals surface area contributed by atoms with Gasteiger partial charge in [-0.05, 0) is 17.9 Å². The van der Waals surface area contributed by atoms with E-state index < -0.39 is 6.67 Å². The summed E-state index contributed by atoms with van der Waals surface area (Å²) >= 11 is 0. The summed E-state index contributed by atoms with van der Waals surface area (Å²) in [4.78, 5) is 0. The molecule has 0 saturated carbocycles. The highest BCUT2D eigenvalue weighted by Gasteiger charge is 2.04. The van der Waals surface area contributed by atoms with E-state index in [9.17, 15) is 4.39 Å². The predicted molar refractivity (Wildman–Crippen MR) is 39.1 cm³/mol. The largest absolute Gasteiger partial charge is 0.246 e. The second-order valence-electron chi connectivity index (χ2n) is 2.29. The number of allylic oxidation sites excluding steroid dienone is 2. The summed E-state index contributed by atoms with van der Waals surface area (Å²) in [5, 5.41) is 8.22. The van der Waals surface area contributed by atoms with Crippen LogP contribution in [0.2, 0.25) is 0 Å². The summed E-state index contributed by atoms with van der Waals surface area (Å²) < 4.78 is 12.1. The normalized spacial score (nSPS) is 14.4. The van der Waals surface area contributed by atoms with Crippen molar-refractivity contribution in [2.45, 2.75) is 20.3 Å². The zero-order valence-corrected chi connectivity index (χ0v) is 6.39. The Morgan fingerprint density at radius 2 is 2.40 bits per heavy atom. The number of nitriles is 1. The second kappa shape index (κ2) is 4.99. The van der Waals surface area contributed by atoms with E-state index in [2.05, 4.69) is 0 Å². The first-order valence-corrected chi connectivity index (χ1v) is 3.40. The summed E-state index contributed by atoms with van der Waals surface area (Å²) in [6.07, 6.45) is 2.19. The minimum Gasteiger partial charge on any atom is -0.246 e. The van der Waals surface area contributed by atoms with E-state index in [-0.39, 0.29) is 5.92 Å². The third-order valence-electron chi connectivity index (χ3n) is 1.65. The van der Waals surface area contributed by atoms with Crippen LogP contribution in [0.5, 0.6) is 0 Å². The maximum Gasteiger partial charge on any atom is 0.112 e. The molecule has 0 fully saturated rings. The van der Waals surface area contributed by atoms with Gasteiger partial charge in [0.25, 0.3) is 0 Å². The molecule has 0 amide bonds. The molecule has 0 aliphatic heterocycles. The molecule has 0 spiro atoms. The van der Waals surface area contributed by atoms with Crippen molar-refractivity contribution in [1.29, 1.82) is 5.26 Å². The molecule has 0 saturated heterocycles. The Bertz CT molecular complexity index is 155. The minimum absolute atomic E-state index is 0.199. The Kier molecular flexibility index (Phi) is 4.57. The maximum absolute atomic E-state index is 12.1. The number of alkyl halides is 1. The molecule has 0 aromatic carbocycles. The first kappa shape index (κ1) is 9.16. The van der Waals surface area contributed by atoms with Gasteiger partial charge in [-0.15, -0.1) is 0 Å². The molecule has 0 N–H and O–H groups in total. The Hall–Kier alpha value is -0.840. The monoisotopic (exact) mass is 141 g/mol. The van der Waals surface area contributed by atoms with Crippen LogP contribution in [-0.4, -0.2) is 6.67 Å². The fourth-order valence-electron chi connectivity index (χ4n) is 0.658. The number of halogens is 1. The van der Waals surface area contributed by atoms with Gasteiger partial charge in [0.15, 0.2) is 0 Å². The molecule has 0 rings (SSSR count). The standard InChI is InChI=1S/C8H12FN/c1-3-7(2)8(6-9)4-5-10/h4,7H,3,6H2,1-2H3. The quantitative estimate of drug-likeness (QED) is 0.554. The summed E-state index contributed by atoms with van der Waals surface area (Å²) in [7, 11) is 0. The SMILES string of the molecule is CCC(C)C(=CC#N)CF. The first-order valence-electron chi connectivity index (χ1n) is 3.40. The number of rotatable bonds is 3. The van der Waals surface area contributed by atoms with E-state index in [4.69, 9.17) is 5.26 Å². The highest BCUT2D eigenvalue weighted by Crippen LogP contribution is 2.13. The molecule has 0 bridgehead atoms. The highest BCUT2D eigenvalue weighted by atomic mass is 19.1. The topological polar surface area (TPSA) is 23.8 Å². The van der Waals surface area contributed by atoms with E-state index in [0.29, 0.717) is 5.57 Å². The van der Waals surface area contributed by atoms with Gasteiger partial charge in [-0.2, -0.15) is 5.26 Å². The van der Waals surface area contributed by atoms with Crippen molar-refractivity contribution in [2.75, 3.05) is 6.67 Å². The van der Waals surface area contributed by atoms with Gasteiger partial charge in [0.05, 0.1) is 6.07 Å². The number of hydrogen-bond donors (Lipinski definition) is 0. The van der Waals surface area contributed by atoms with Gasteiger partial charge < -0.3 is 0 Å². The molecule has 0 aliphatic carbocycles. The molecule has 0 aromatic heterocycles. The molecule has 56 valence electrons. The second-order valence-corrected chi connectivity index (χ2v) is 2.29. The number of nitrogens with zero attached hydrogens (tertiary/aromatic N) is 1. The van der Waals surface area contributed by atoms with Crippen LogP contribution in [0.15, 0.2) is 11.6 Å². The number of hydrogen-bond acceptors (Lipinski definition) is 1. The van der Waals surface area contributed by atoms with E-state index in [1.165, 1.54) is 6.08 Å². The van der Waals surface area contributed by atoms with Gasteiger partial charge in [0, 0.05) is 6.08 Å². The Balaban J connectivity index is 4.09. The van der Waals surface area contributed by atoms with Crippen molar-refractivity contribution < 1.29 is 4.39 Å². The van der Waals surface area contributed by atoms with E-state index >= 15 is 0 Å². The smallest absolute Gasteiger partial charge is 0.112 e. The van der Waals surface area contributed by atoms with Crippen molar-refractivity contribution in [3.8, 4) is 6.07 Å². The highest BCUT2D eigenvalue weighted by molar-refractivity contribution is 5.15. The van der Waals surface area contributed by atoms with Crippen LogP contribution in [-0.2, 0) is 0 Å². The lowest BCUT2D eigenvalue weighted by Gasteiger charge is -2.07. The minimum atomic E-state index is -0.497. The van der Waals surface area contributed by atoms with Gasteiger partial charge in [0.1, 0.15) is 6.67 Å². The first-order chi connectivity index (χ1) is 4.76. The average molecular weight is 141 g/mol. The van der Waals surface area contributed by atoms with Crippen LogP contribution in [0, 0.1) is 17.2 Å². The van der Waals surface area contributed by atoms with Gasteiger partial charge in [-0.3, -0.25) is 0 Å². The Labute approximate surface area is 61.2 Å². The summed E-state index contributed by atoms with van der Waals surface area (Å²) in [6, 6.07) is 1.83. The molecule has 10 heavy (non-hydrogen) atoms. The fourth-order valence-corrected chi connectivity index (χ4v) is 0.658. The molecule has 0 heterocycles. The average Bonchev–Trinajstić information content (AvgIpc) is 1.99. The summed E-state index contributed by atoms with van der Waals surface area (Å²) in [5.41, 5.74) is 0.602. The Morgan fingerprint density at radius 1 is 1.80 bits per heavy atom. The van der Waals surface area contributed by atoms with Crippen LogP contribution in [0.1, 0.15) is 20.3 Å². The summed E-state index contributed by atoms with van der Waals surface area (Å²) in [5.74, 6) is 0.199. The van der Waals surface area contributed by atoms with E-state index in [1.807, 2.05) is 19.9 Å². The third kappa shape index (κ3) is 2.63. The zero-order valence-electron chi connectivity index (χ0n) is 6.39. The molecule has 1 atom stereocenters. The lowest BCUT2D eigenvalue weighted by atomic mass is 10.00. The van der Waals surface area contributed by atoms with Crippen LogP contribution in [0.3, 0.4) is 0 Å². The molecule has 0 radical (unpaired) electrons. The Morgan fingerprint density at radius 3 is 2.70 bits per heavy atom. The van der Waals surface area contributed by atoms with E-state index in [1.54, 1.807) is 0 Å². The van der Waals surface area contributed by atoms with E-state index in [0.717, 1.165) is 6.42 Å². The van der Waals surface area contributed by atoms with Crippen molar-refractivity contribution in [3.05, 3.63) is 11.6 Å². The van der Waals surface area contributed by atoms with Gasteiger partial charge in [-0.25, -0.2) is 4.39 Å². The maximum atomic E-state index is 12.1. The summed E-state index contributed by atoms with van der Waals surface area (Å²) in [6.45, 7) is 3.40. The third-order valence-corrected chi connectivity index (χ3v) is 1.65. The zero-order chi connectivity index (χ0) is 7.98. The van der Waals surface area contributed by atoms with Crippen molar-refractivity contribution in [2.24, 2.45) is 5.92 Å². The molecule has 0 aromatic rings. The van der Waals surface area contributed by atoms with Crippen LogP contribution in [0.25, 0.3) is 0 Å². The van der Waals surface area contributed by atoms with Gasteiger partial charge in [-0.1, -0.05) is 13.8 Å². The lowest BCUT2D eigenvalue weighted by molar-refractivity contribution is 0.492. The lowest BCUT2D eigenvalue weighted by Crippen LogP contribution is -1.98. The molecule has 0 aliphatic rings. The van der Waals surface area contributed by atoms with Crippen LogP contribution < -0.4 is 0 Å². The molecular formula is C8H12FN. The van der Waals surface area contributed by atoms with Crippen molar-refractivity contribution in [1.82, 2.24) is 0 Å². The van der Waals surface area contributed by atoms with Crippen molar-refractivity contribution >= 4 is 0 Å². The van der Waals surface area contributed by atoms with Gasteiger partial charge >= 0.3 is 0 Å². The predicted octanol–water partition coefficient (Wildman–Crippen LogP) is 2.45. The van der Waals surface area contributed by atoms with Crippen LogP contribution >= 0.6 is 0 Å². The fraction of sp³-hybridized carbons (Fsp3) is 0.625. The van der Waals surface area contributed by atoms with Crippen molar-refractivity contribution in [3.63, 3.8) is 0 Å². The molecule has 1 unspecified atom stereocenters. The molecular weight excluding hydrogens is 129 g/mol. The molecule has 2 heteroatoms. The van der Waals surface area contributed by atoms with Gasteiger partial charge in [0.2, 0.25) is 0 Å². The van der Waals surface area contributed by atoms with Crippen LogP contribution in [0.4, 0.5) is 4.39 Å². The molecule has 1 nitrogen and oxygen atoms in total.